The van der Waals surface area contributed by atoms with E-state index in [1.165, 1.54) is 0 Å². The van der Waals surface area contributed by atoms with Gasteiger partial charge in [-0.15, -0.1) is 24.0 Å². The number of nitrogens with one attached hydrogen (secondary N) is 2. The number of ether oxygens (including phenoxy) is 1. The van der Waals surface area contributed by atoms with Crippen LogP contribution in [-0.2, 0) is 9.53 Å². The molecule has 0 aromatic heterocycles. The summed E-state index contributed by atoms with van der Waals surface area (Å²) in [4.78, 5) is 33.4. The van der Waals surface area contributed by atoms with Crippen molar-refractivity contribution in [3.05, 3.63) is 34.9 Å². The summed E-state index contributed by atoms with van der Waals surface area (Å²) >= 11 is 6.06. The molecule has 2 saturated heterocycles. The van der Waals surface area contributed by atoms with Crippen molar-refractivity contribution in [2.75, 3.05) is 52.4 Å². The summed E-state index contributed by atoms with van der Waals surface area (Å²) in [5.74, 6) is 0.701. The molecule has 2 amide bonds. The highest BCUT2D eigenvalue weighted by Crippen LogP contribution is 2.16. The van der Waals surface area contributed by atoms with Crippen molar-refractivity contribution in [2.45, 2.75) is 25.9 Å². The number of benzene rings is 1. The van der Waals surface area contributed by atoms with E-state index in [0.717, 1.165) is 38.4 Å². The summed E-state index contributed by atoms with van der Waals surface area (Å²) in [5, 5.41) is 6.58. The number of hydrogen-bond donors (Lipinski definition) is 2. The maximum atomic E-state index is 12.5. The molecule has 8 nitrogen and oxygen atoms in total. The monoisotopic (exact) mass is 563 g/mol. The molecule has 0 spiro atoms. The predicted octanol–water partition coefficient (Wildman–Crippen LogP) is 1.98. The van der Waals surface area contributed by atoms with Crippen LogP contribution in [0, 0.1) is 0 Å². The van der Waals surface area contributed by atoms with Crippen molar-refractivity contribution in [2.24, 2.45) is 4.99 Å². The van der Waals surface area contributed by atoms with Gasteiger partial charge in [-0.3, -0.25) is 14.6 Å². The highest BCUT2D eigenvalue weighted by molar-refractivity contribution is 14.0. The molecule has 2 aliphatic rings. The molecule has 0 aliphatic carbocycles. The second-order valence-corrected chi connectivity index (χ2v) is 7.69. The van der Waals surface area contributed by atoms with Crippen LogP contribution in [-0.4, -0.2) is 86.1 Å². The molecule has 1 aromatic rings. The Hall–Kier alpha value is -1.59. The molecule has 2 heterocycles. The minimum absolute atomic E-state index is 0. The second-order valence-electron chi connectivity index (χ2n) is 7.29. The zero-order valence-electron chi connectivity index (χ0n) is 17.8. The Kier molecular flexibility index (Phi) is 10.8. The molecule has 10 heteroatoms. The number of aliphatic imine (C=N–C) groups is 1. The van der Waals surface area contributed by atoms with Gasteiger partial charge in [0.25, 0.3) is 11.8 Å². The van der Waals surface area contributed by atoms with Gasteiger partial charge >= 0.3 is 0 Å². The van der Waals surface area contributed by atoms with E-state index in [-0.39, 0.29) is 41.9 Å². The molecule has 1 aromatic carbocycles. The van der Waals surface area contributed by atoms with E-state index in [2.05, 4.69) is 20.5 Å². The summed E-state index contributed by atoms with van der Waals surface area (Å²) in [5.41, 5.74) is 0.460. The van der Waals surface area contributed by atoms with Gasteiger partial charge in [-0.05, 0) is 31.9 Å². The molecule has 2 N–H and O–H groups in total. The van der Waals surface area contributed by atoms with E-state index >= 15 is 0 Å². The molecular weight excluding hydrogens is 533 g/mol. The van der Waals surface area contributed by atoms with Crippen LogP contribution < -0.4 is 10.6 Å². The lowest BCUT2D eigenvalue weighted by Crippen LogP contribution is -2.55. The molecule has 0 saturated carbocycles. The van der Waals surface area contributed by atoms with Gasteiger partial charge in [-0.25, -0.2) is 0 Å². The second kappa shape index (κ2) is 13.1. The van der Waals surface area contributed by atoms with Crippen molar-refractivity contribution in [1.29, 1.82) is 0 Å². The van der Waals surface area contributed by atoms with Crippen molar-refractivity contribution >= 4 is 53.4 Å². The predicted molar refractivity (Wildman–Crippen MR) is 132 cm³/mol. The standard InChI is InChI=1S/C21H30ClN5O3.HI/c1-2-23-21(25-10-9-24-19(28)16-6-3-4-7-17(16)22)27-13-11-26(12-14-27)20(29)18-8-5-15-30-18;/h3-4,6-7,18H,2,5,8-15H2,1H3,(H,23,25)(H,24,28);1H. The highest BCUT2D eigenvalue weighted by atomic mass is 127. The number of piperazine rings is 1. The van der Waals surface area contributed by atoms with Gasteiger partial charge in [0, 0.05) is 45.9 Å². The lowest BCUT2D eigenvalue weighted by atomic mass is 10.2. The van der Waals surface area contributed by atoms with Crippen LogP contribution in [0.15, 0.2) is 29.3 Å². The average molecular weight is 564 g/mol. The Morgan fingerprint density at radius 1 is 1.16 bits per heavy atom. The average Bonchev–Trinajstić information content (AvgIpc) is 3.30. The summed E-state index contributed by atoms with van der Waals surface area (Å²) in [7, 11) is 0. The zero-order valence-corrected chi connectivity index (χ0v) is 20.9. The van der Waals surface area contributed by atoms with E-state index in [4.69, 9.17) is 16.3 Å². The third-order valence-electron chi connectivity index (χ3n) is 5.21. The molecule has 2 aliphatic heterocycles. The minimum atomic E-state index is -0.264. The molecule has 0 bridgehead atoms. The molecule has 3 rings (SSSR count). The normalized spacial score (nSPS) is 19.0. The first-order valence-electron chi connectivity index (χ1n) is 10.6. The van der Waals surface area contributed by atoms with Gasteiger partial charge in [-0.1, -0.05) is 23.7 Å². The molecule has 1 atom stereocenters. The number of amides is 2. The van der Waals surface area contributed by atoms with E-state index < -0.39 is 0 Å². The smallest absolute Gasteiger partial charge is 0.252 e. The largest absolute Gasteiger partial charge is 0.368 e. The number of rotatable bonds is 6. The number of carbonyl (C=O) groups excluding carboxylic acids is 2. The Labute approximate surface area is 205 Å². The number of nitrogens with zero attached hydrogens (tertiary/aromatic N) is 3. The van der Waals surface area contributed by atoms with Crippen LogP contribution in [0.25, 0.3) is 0 Å². The van der Waals surface area contributed by atoms with Gasteiger partial charge in [0.2, 0.25) is 0 Å². The lowest BCUT2D eigenvalue weighted by molar-refractivity contribution is -0.142. The Bertz CT molecular complexity index is 765. The molecule has 172 valence electrons. The Morgan fingerprint density at radius 2 is 1.87 bits per heavy atom. The first-order valence-corrected chi connectivity index (χ1v) is 10.9. The first kappa shape index (κ1) is 25.7. The van der Waals surface area contributed by atoms with Gasteiger partial charge in [-0.2, -0.15) is 0 Å². The first-order chi connectivity index (χ1) is 14.6. The van der Waals surface area contributed by atoms with Gasteiger partial charge in [0.1, 0.15) is 6.10 Å². The fourth-order valence-electron chi connectivity index (χ4n) is 3.61. The maximum absolute atomic E-state index is 12.5. The molecule has 0 radical (unpaired) electrons. The van der Waals surface area contributed by atoms with Crippen molar-refractivity contribution in [1.82, 2.24) is 20.4 Å². The number of carbonyl (C=O) groups is 2. The third kappa shape index (κ3) is 7.21. The van der Waals surface area contributed by atoms with Crippen LogP contribution >= 0.6 is 35.6 Å². The Balaban J connectivity index is 0.00000341. The lowest BCUT2D eigenvalue weighted by Gasteiger charge is -2.37. The molecule has 1 unspecified atom stereocenters. The number of hydrogen-bond acceptors (Lipinski definition) is 4. The fraction of sp³-hybridized carbons (Fsp3) is 0.571. The van der Waals surface area contributed by atoms with Crippen LogP contribution in [0.3, 0.4) is 0 Å². The molecule has 31 heavy (non-hydrogen) atoms. The van der Waals surface area contributed by atoms with E-state index in [0.29, 0.717) is 43.4 Å². The minimum Gasteiger partial charge on any atom is -0.368 e. The van der Waals surface area contributed by atoms with Crippen LogP contribution in [0.4, 0.5) is 0 Å². The summed E-state index contributed by atoms with van der Waals surface area (Å²) in [6.07, 6.45) is 1.52. The third-order valence-corrected chi connectivity index (χ3v) is 5.54. The number of halogens is 2. The van der Waals surface area contributed by atoms with Gasteiger partial charge in [0.05, 0.1) is 17.1 Å². The van der Waals surface area contributed by atoms with E-state index in [9.17, 15) is 9.59 Å². The van der Waals surface area contributed by atoms with Crippen LogP contribution in [0.2, 0.25) is 5.02 Å². The topological polar surface area (TPSA) is 86.3 Å². The van der Waals surface area contributed by atoms with E-state index in [1.807, 2.05) is 11.8 Å². The van der Waals surface area contributed by atoms with Crippen molar-refractivity contribution < 1.29 is 14.3 Å². The van der Waals surface area contributed by atoms with Gasteiger partial charge in [0.15, 0.2) is 5.96 Å². The van der Waals surface area contributed by atoms with Gasteiger partial charge < -0.3 is 25.2 Å². The zero-order chi connectivity index (χ0) is 21.3. The molecule has 2 fully saturated rings. The van der Waals surface area contributed by atoms with Crippen molar-refractivity contribution in [3.63, 3.8) is 0 Å². The Morgan fingerprint density at radius 3 is 2.52 bits per heavy atom. The summed E-state index contributed by atoms with van der Waals surface area (Å²) < 4.78 is 5.52. The van der Waals surface area contributed by atoms with Crippen LogP contribution in [0.1, 0.15) is 30.1 Å². The fourth-order valence-corrected chi connectivity index (χ4v) is 3.83. The van der Waals surface area contributed by atoms with E-state index in [1.54, 1.807) is 24.3 Å². The molecular formula is C21H31ClIN5O3. The quantitative estimate of drug-likeness (QED) is 0.239. The van der Waals surface area contributed by atoms with Crippen molar-refractivity contribution in [3.8, 4) is 0 Å². The van der Waals surface area contributed by atoms with Crippen LogP contribution in [0.5, 0.6) is 0 Å². The SMILES string of the molecule is CCNC(=NCCNC(=O)c1ccccc1Cl)N1CCN(C(=O)C2CCCO2)CC1.I. The summed E-state index contributed by atoms with van der Waals surface area (Å²) in [6, 6.07) is 6.97. The maximum Gasteiger partial charge on any atom is 0.252 e. The summed E-state index contributed by atoms with van der Waals surface area (Å²) in [6.45, 7) is 7.07. The highest BCUT2D eigenvalue weighted by Gasteiger charge is 2.30. The number of guanidine groups is 1.